The number of piperidine rings is 1. The highest BCUT2D eigenvalue weighted by Crippen LogP contribution is 2.18. The average Bonchev–Trinajstić information content (AvgIpc) is 3.40. The zero-order valence-electron chi connectivity index (χ0n) is 14.2. The Morgan fingerprint density at radius 2 is 1.68 bits per heavy atom. The summed E-state index contributed by atoms with van der Waals surface area (Å²) in [5.41, 5.74) is 0.809. The lowest BCUT2D eigenvalue weighted by Crippen LogP contribution is -3.14. The van der Waals surface area contributed by atoms with E-state index in [-0.39, 0.29) is 30.3 Å². The Balaban J connectivity index is 1.37. The Morgan fingerprint density at radius 3 is 2.32 bits per heavy atom. The van der Waals surface area contributed by atoms with Crippen molar-refractivity contribution in [2.75, 3.05) is 25.0 Å². The number of nitrogens with one attached hydrogen (secondary N) is 4. The maximum atomic E-state index is 12.3. The van der Waals surface area contributed by atoms with Crippen LogP contribution in [0.2, 0.25) is 0 Å². The molecular weight excluding hydrogens is 320 g/mol. The Hall–Kier alpha value is -2.41. The first-order valence-electron chi connectivity index (χ1n) is 8.90. The van der Waals surface area contributed by atoms with Crippen molar-refractivity contribution in [2.24, 2.45) is 5.92 Å². The highest BCUT2D eigenvalue weighted by Gasteiger charge is 2.29. The second-order valence-electron chi connectivity index (χ2n) is 6.85. The number of hydrogen-bond donors (Lipinski definition) is 4. The van der Waals surface area contributed by atoms with E-state index in [1.54, 1.807) is 0 Å². The maximum Gasteiger partial charge on any atom is 0.321 e. The molecule has 2 fully saturated rings. The van der Waals surface area contributed by atoms with Gasteiger partial charge in [0.05, 0.1) is 13.1 Å². The number of imide groups is 1. The molecule has 3 rings (SSSR count). The van der Waals surface area contributed by atoms with Gasteiger partial charge in [0.15, 0.2) is 6.54 Å². The highest BCUT2D eigenvalue weighted by molar-refractivity contribution is 5.95. The molecule has 0 spiro atoms. The van der Waals surface area contributed by atoms with Crippen molar-refractivity contribution in [1.82, 2.24) is 10.6 Å². The van der Waals surface area contributed by atoms with Gasteiger partial charge in [-0.2, -0.15) is 0 Å². The molecule has 1 aromatic rings. The highest BCUT2D eigenvalue weighted by atomic mass is 16.2. The van der Waals surface area contributed by atoms with E-state index in [0.717, 1.165) is 49.4 Å². The fraction of sp³-hybridized carbons (Fsp3) is 0.500. The molecule has 0 bridgehead atoms. The van der Waals surface area contributed by atoms with Crippen molar-refractivity contribution in [2.45, 2.75) is 31.7 Å². The number of para-hydroxylation sites is 1. The van der Waals surface area contributed by atoms with Crippen molar-refractivity contribution in [3.63, 3.8) is 0 Å². The fourth-order valence-corrected chi connectivity index (χ4v) is 3.08. The topological polar surface area (TPSA) is 91.7 Å². The number of anilines is 1. The first-order chi connectivity index (χ1) is 12.1. The van der Waals surface area contributed by atoms with Crippen LogP contribution < -0.4 is 20.9 Å². The van der Waals surface area contributed by atoms with Gasteiger partial charge in [0.2, 0.25) is 5.91 Å². The fourth-order valence-electron chi connectivity index (χ4n) is 3.08. The minimum atomic E-state index is -0.399. The van der Waals surface area contributed by atoms with E-state index in [4.69, 9.17) is 0 Å². The minimum absolute atomic E-state index is 0.0230. The summed E-state index contributed by atoms with van der Waals surface area (Å²) in [6.45, 7) is 1.78. The van der Waals surface area contributed by atoms with Gasteiger partial charge in [0.25, 0.3) is 5.91 Å². The molecule has 1 saturated heterocycles. The van der Waals surface area contributed by atoms with Crippen LogP contribution in [-0.2, 0) is 9.59 Å². The summed E-state index contributed by atoms with van der Waals surface area (Å²) in [6.07, 6.45) is 3.47. The molecule has 4 N–H and O–H groups in total. The van der Waals surface area contributed by atoms with Gasteiger partial charge in [-0.05, 0) is 25.0 Å². The lowest BCUT2D eigenvalue weighted by Gasteiger charge is -2.28. The Kier molecular flexibility index (Phi) is 5.65. The summed E-state index contributed by atoms with van der Waals surface area (Å²) in [5, 5.41) is 8.05. The van der Waals surface area contributed by atoms with Crippen LogP contribution >= 0.6 is 0 Å². The van der Waals surface area contributed by atoms with Crippen LogP contribution in [0, 0.1) is 5.92 Å². The normalized spacial score (nSPS) is 22.7. The van der Waals surface area contributed by atoms with E-state index in [0.29, 0.717) is 0 Å². The molecule has 0 radical (unpaired) electrons. The summed E-state index contributed by atoms with van der Waals surface area (Å²) in [6, 6.07) is 9.27. The van der Waals surface area contributed by atoms with Crippen LogP contribution in [0.1, 0.15) is 25.7 Å². The molecule has 0 aromatic heterocycles. The van der Waals surface area contributed by atoms with Crippen LogP contribution in [0.4, 0.5) is 10.5 Å². The van der Waals surface area contributed by atoms with Crippen LogP contribution in [0.5, 0.6) is 0 Å². The number of rotatable bonds is 5. The lowest BCUT2D eigenvalue weighted by molar-refractivity contribution is -0.897. The number of likely N-dealkylation sites (tertiary alicyclic amines) is 1. The van der Waals surface area contributed by atoms with Crippen molar-refractivity contribution in [3.05, 3.63) is 30.3 Å². The first kappa shape index (κ1) is 17.4. The quantitative estimate of drug-likeness (QED) is 0.601. The lowest BCUT2D eigenvalue weighted by atomic mass is 9.96. The van der Waals surface area contributed by atoms with E-state index >= 15 is 0 Å². The van der Waals surface area contributed by atoms with E-state index in [1.807, 2.05) is 30.3 Å². The van der Waals surface area contributed by atoms with Gasteiger partial charge < -0.3 is 15.5 Å². The van der Waals surface area contributed by atoms with Crippen LogP contribution in [0.3, 0.4) is 0 Å². The third-order valence-electron chi connectivity index (χ3n) is 4.68. The predicted octanol–water partition coefficient (Wildman–Crippen LogP) is -0.0918. The number of benzene rings is 1. The molecule has 7 heteroatoms. The minimum Gasteiger partial charge on any atom is -0.335 e. The van der Waals surface area contributed by atoms with Gasteiger partial charge in [-0.3, -0.25) is 14.9 Å². The van der Waals surface area contributed by atoms with Gasteiger partial charge >= 0.3 is 6.03 Å². The molecule has 4 amide bonds. The van der Waals surface area contributed by atoms with Gasteiger partial charge in [0.1, 0.15) is 0 Å². The molecule has 1 aliphatic heterocycles. The number of carbonyl (C=O) groups is 3. The Morgan fingerprint density at radius 1 is 1.00 bits per heavy atom. The Labute approximate surface area is 147 Å². The number of hydrogen-bond acceptors (Lipinski definition) is 3. The molecule has 1 heterocycles. The molecule has 1 aromatic carbocycles. The molecule has 2 aliphatic rings. The van der Waals surface area contributed by atoms with Crippen molar-refractivity contribution < 1.29 is 19.3 Å². The average molecular weight is 345 g/mol. The van der Waals surface area contributed by atoms with Gasteiger partial charge in [-0.1, -0.05) is 18.2 Å². The zero-order chi connectivity index (χ0) is 17.6. The third-order valence-corrected chi connectivity index (χ3v) is 4.68. The van der Waals surface area contributed by atoms with Crippen molar-refractivity contribution in [3.8, 4) is 0 Å². The molecule has 7 nitrogen and oxygen atoms in total. The summed E-state index contributed by atoms with van der Waals surface area (Å²) >= 11 is 0. The Bertz CT molecular complexity index is 622. The van der Waals surface area contributed by atoms with Crippen molar-refractivity contribution >= 4 is 23.5 Å². The van der Waals surface area contributed by atoms with Crippen LogP contribution in [-0.4, -0.2) is 43.5 Å². The van der Waals surface area contributed by atoms with E-state index in [9.17, 15) is 14.4 Å². The molecular formula is C18H25N4O3+. The number of amides is 4. The summed E-state index contributed by atoms with van der Waals surface area (Å²) in [4.78, 5) is 36.9. The molecule has 134 valence electrons. The largest absolute Gasteiger partial charge is 0.335 e. The van der Waals surface area contributed by atoms with Gasteiger partial charge in [-0.25, -0.2) is 4.79 Å². The molecule has 1 saturated carbocycles. The number of quaternary nitrogens is 1. The molecule has 0 atom stereocenters. The van der Waals surface area contributed by atoms with Gasteiger partial charge in [-0.15, -0.1) is 0 Å². The van der Waals surface area contributed by atoms with E-state index in [2.05, 4.69) is 16.0 Å². The number of urea groups is 1. The second kappa shape index (κ2) is 8.11. The summed E-state index contributed by atoms with van der Waals surface area (Å²) < 4.78 is 0. The predicted molar refractivity (Wildman–Crippen MR) is 93.1 cm³/mol. The van der Waals surface area contributed by atoms with Crippen molar-refractivity contribution in [1.29, 1.82) is 0 Å². The summed E-state index contributed by atoms with van der Waals surface area (Å²) in [5.74, 6) is -0.246. The van der Waals surface area contributed by atoms with E-state index in [1.165, 1.54) is 0 Å². The molecule has 0 unspecified atom stereocenters. The van der Waals surface area contributed by atoms with Crippen LogP contribution in [0.25, 0.3) is 0 Å². The second-order valence-corrected chi connectivity index (χ2v) is 6.85. The third kappa shape index (κ3) is 5.56. The first-order valence-corrected chi connectivity index (χ1v) is 8.90. The smallest absolute Gasteiger partial charge is 0.321 e. The SMILES string of the molecule is O=C(C[NH+]1CCC(C(=O)Nc2ccccc2)CC1)NC(=O)NC1CC1. The van der Waals surface area contributed by atoms with E-state index < -0.39 is 6.03 Å². The zero-order valence-corrected chi connectivity index (χ0v) is 14.2. The molecule has 25 heavy (non-hydrogen) atoms. The van der Waals surface area contributed by atoms with Gasteiger partial charge in [0, 0.05) is 30.5 Å². The molecule has 1 aliphatic carbocycles. The maximum absolute atomic E-state index is 12.3. The standard InChI is InChI=1S/C18H24N4O3/c23-16(21-18(25)20-15-6-7-15)12-22-10-8-13(9-11-22)17(24)19-14-4-2-1-3-5-14/h1-5,13,15H,6-12H2,(H,19,24)(H2,20,21,23,25)/p+1. The monoisotopic (exact) mass is 345 g/mol. The number of carbonyl (C=O) groups excluding carboxylic acids is 3. The van der Waals surface area contributed by atoms with Crippen LogP contribution in [0.15, 0.2) is 30.3 Å². The summed E-state index contributed by atoms with van der Waals surface area (Å²) in [7, 11) is 0.